The standard InChI is InChI=1S/C14H24N4S.HI/c1-18(2)13(11-7-8-19-10-11)9-16-14(15)17-12-5-3-4-6-12;/h7-8,10,12-13H,3-6,9H2,1-2H3,(H3,15,16,17);1H. The molecule has 1 aliphatic rings. The highest BCUT2D eigenvalue weighted by molar-refractivity contribution is 14.0. The molecule has 0 amide bonds. The summed E-state index contributed by atoms with van der Waals surface area (Å²) in [4.78, 5) is 6.70. The monoisotopic (exact) mass is 408 g/mol. The smallest absolute Gasteiger partial charge is 0.188 e. The quantitative estimate of drug-likeness (QED) is 0.448. The van der Waals surface area contributed by atoms with E-state index in [0.29, 0.717) is 24.6 Å². The first-order valence-electron chi connectivity index (χ1n) is 6.92. The van der Waals surface area contributed by atoms with Gasteiger partial charge in [-0.3, -0.25) is 4.99 Å². The van der Waals surface area contributed by atoms with Crippen LogP contribution in [0.25, 0.3) is 0 Å². The maximum absolute atomic E-state index is 5.98. The van der Waals surface area contributed by atoms with Crippen LogP contribution in [0, 0.1) is 0 Å². The van der Waals surface area contributed by atoms with E-state index in [9.17, 15) is 0 Å². The maximum Gasteiger partial charge on any atom is 0.188 e. The summed E-state index contributed by atoms with van der Waals surface area (Å²) in [6, 6.07) is 2.99. The lowest BCUT2D eigenvalue weighted by atomic mass is 10.1. The lowest BCUT2D eigenvalue weighted by Crippen LogP contribution is -2.39. The number of rotatable bonds is 5. The fraction of sp³-hybridized carbons (Fsp3) is 0.643. The third-order valence-corrected chi connectivity index (χ3v) is 4.39. The zero-order valence-electron chi connectivity index (χ0n) is 12.2. The van der Waals surface area contributed by atoms with Crippen molar-refractivity contribution in [3.8, 4) is 0 Å². The second kappa shape index (κ2) is 8.84. The second-order valence-electron chi connectivity index (χ2n) is 5.39. The van der Waals surface area contributed by atoms with Crippen molar-refractivity contribution >= 4 is 41.3 Å². The molecule has 0 aliphatic heterocycles. The zero-order chi connectivity index (χ0) is 13.7. The molecule has 1 aromatic heterocycles. The van der Waals surface area contributed by atoms with Crippen LogP contribution in [0.1, 0.15) is 37.3 Å². The van der Waals surface area contributed by atoms with Crippen LogP contribution in [0.4, 0.5) is 0 Å². The molecule has 1 aliphatic carbocycles. The van der Waals surface area contributed by atoms with E-state index in [1.165, 1.54) is 31.2 Å². The van der Waals surface area contributed by atoms with E-state index in [1.54, 1.807) is 11.3 Å². The van der Waals surface area contributed by atoms with Crippen molar-refractivity contribution in [2.24, 2.45) is 10.7 Å². The normalized spacial score (nSPS) is 18.1. The molecule has 2 rings (SSSR count). The Kier molecular flexibility index (Phi) is 7.83. The Morgan fingerprint density at radius 3 is 2.75 bits per heavy atom. The third-order valence-electron chi connectivity index (χ3n) is 3.69. The molecule has 1 fully saturated rings. The molecule has 0 aromatic carbocycles. The molecule has 6 heteroatoms. The molecular weight excluding hydrogens is 383 g/mol. The lowest BCUT2D eigenvalue weighted by Gasteiger charge is -2.22. The Balaban J connectivity index is 0.00000200. The number of guanidine groups is 1. The first kappa shape index (κ1) is 17.7. The Hall–Kier alpha value is -0.340. The van der Waals surface area contributed by atoms with Crippen LogP contribution < -0.4 is 11.1 Å². The Bertz CT molecular complexity index is 399. The molecule has 0 radical (unpaired) electrons. The Morgan fingerprint density at radius 1 is 1.50 bits per heavy atom. The lowest BCUT2D eigenvalue weighted by molar-refractivity contribution is 0.307. The molecule has 0 bridgehead atoms. The van der Waals surface area contributed by atoms with Crippen molar-refractivity contribution in [3.05, 3.63) is 22.4 Å². The van der Waals surface area contributed by atoms with E-state index in [4.69, 9.17) is 5.73 Å². The molecule has 20 heavy (non-hydrogen) atoms. The second-order valence-corrected chi connectivity index (χ2v) is 6.17. The fourth-order valence-corrected chi connectivity index (χ4v) is 3.25. The van der Waals surface area contributed by atoms with E-state index in [0.717, 1.165) is 0 Å². The summed E-state index contributed by atoms with van der Waals surface area (Å²) in [6.45, 7) is 0.704. The highest BCUT2D eigenvalue weighted by atomic mass is 127. The number of nitrogens with two attached hydrogens (primary N) is 1. The van der Waals surface area contributed by atoms with Crippen LogP contribution in [-0.2, 0) is 0 Å². The van der Waals surface area contributed by atoms with Crippen LogP contribution in [0.2, 0.25) is 0 Å². The van der Waals surface area contributed by atoms with Gasteiger partial charge in [0.1, 0.15) is 0 Å². The van der Waals surface area contributed by atoms with Crippen LogP contribution in [0.3, 0.4) is 0 Å². The predicted octanol–water partition coefficient (Wildman–Crippen LogP) is 2.82. The molecule has 1 heterocycles. The molecule has 3 N–H and O–H groups in total. The summed E-state index contributed by atoms with van der Waals surface area (Å²) in [5.41, 5.74) is 7.29. The molecule has 114 valence electrons. The van der Waals surface area contributed by atoms with Crippen LogP contribution in [0.5, 0.6) is 0 Å². The number of hydrogen-bond acceptors (Lipinski definition) is 3. The number of likely N-dealkylation sites (N-methyl/N-ethyl adjacent to an activating group) is 1. The van der Waals surface area contributed by atoms with Gasteiger partial charge in [0.2, 0.25) is 0 Å². The van der Waals surface area contributed by atoms with Crippen molar-refractivity contribution in [1.29, 1.82) is 0 Å². The number of hydrogen-bond donors (Lipinski definition) is 2. The van der Waals surface area contributed by atoms with Gasteiger partial charge < -0.3 is 16.0 Å². The summed E-state index contributed by atoms with van der Waals surface area (Å²) in [6.07, 6.45) is 5.05. The molecular formula is C14H25IN4S. The Morgan fingerprint density at radius 2 is 2.20 bits per heavy atom. The Labute approximate surface area is 142 Å². The molecule has 0 spiro atoms. The van der Waals surface area contributed by atoms with Gasteiger partial charge >= 0.3 is 0 Å². The molecule has 0 saturated heterocycles. The minimum absolute atomic E-state index is 0. The number of aliphatic imine (C=N–C) groups is 1. The van der Waals surface area contributed by atoms with Gasteiger partial charge in [-0.2, -0.15) is 11.3 Å². The largest absolute Gasteiger partial charge is 0.370 e. The summed E-state index contributed by atoms with van der Waals surface area (Å²) >= 11 is 1.72. The summed E-state index contributed by atoms with van der Waals surface area (Å²) in [5.74, 6) is 0.592. The predicted molar refractivity (Wildman–Crippen MR) is 98.0 cm³/mol. The molecule has 1 saturated carbocycles. The van der Waals surface area contributed by atoms with Gasteiger partial charge in [0, 0.05) is 6.04 Å². The molecule has 4 nitrogen and oxygen atoms in total. The van der Waals surface area contributed by atoms with E-state index in [1.807, 2.05) is 0 Å². The van der Waals surface area contributed by atoms with Crippen molar-refractivity contribution < 1.29 is 0 Å². The number of nitrogens with zero attached hydrogens (tertiary/aromatic N) is 2. The highest BCUT2D eigenvalue weighted by Crippen LogP contribution is 2.21. The van der Waals surface area contributed by atoms with Gasteiger partial charge in [-0.05, 0) is 49.3 Å². The van der Waals surface area contributed by atoms with E-state index < -0.39 is 0 Å². The average molecular weight is 408 g/mol. The van der Waals surface area contributed by atoms with E-state index in [2.05, 4.69) is 46.1 Å². The van der Waals surface area contributed by atoms with Gasteiger partial charge in [-0.1, -0.05) is 12.8 Å². The fourth-order valence-electron chi connectivity index (χ4n) is 2.54. The van der Waals surface area contributed by atoms with Crippen molar-refractivity contribution in [2.75, 3.05) is 20.6 Å². The van der Waals surface area contributed by atoms with Crippen molar-refractivity contribution in [2.45, 2.75) is 37.8 Å². The average Bonchev–Trinajstić information content (AvgIpc) is 3.01. The van der Waals surface area contributed by atoms with Crippen LogP contribution in [0.15, 0.2) is 21.8 Å². The first-order chi connectivity index (χ1) is 9.16. The van der Waals surface area contributed by atoms with Gasteiger partial charge in [-0.15, -0.1) is 24.0 Å². The number of thiophene rings is 1. The molecule has 1 aromatic rings. The van der Waals surface area contributed by atoms with Gasteiger partial charge in [0.15, 0.2) is 5.96 Å². The van der Waals surface area contributed by atoms with E-state index in [-0.39, 0.29) is 24.0 Å². The third kappa shape index (κ3) is 5.21. The van der Waals surface area contributed by atoms with Crippen molar-refractivity contribution in [1.82, 2.24) is 10.2 Å². The maximum atomic E-state index is 5.98. The summed E-state index contributed by atoms with van der Waals surface area (Å²) < 4.78 is 0. The molecule has 1 atom stereocenters. The van der Waals surface area contributed by atoms with Gasteiger partial charge in [-0.25, -0.2) is 0 Å². The molecule has 1 unspecified atom stereocenters. The highest BCUT2D eigenvalue weighted by Gasteiger charge is 2.16. The van der Waals surface area contributed by atoms with E-state index >= 15 is 0 Å². The topological polar surface area (TPSA) is 53.6 Å². The van der Waals surface area contributed by atoms with Crippen molar-refractivity contribution in [3.63, 3.8) is 0 Å². The van der Waals surface area contributed by atoms with Crippen LogP contribution in [-0.4, -0.2) is 37.5 Å². The minimum Gasteiger partial charge on any atom is -0.370 e. The van der Waals surface area contributed by atoms with Gasteiger partial charge in [0.05, 0.1) is 12.6 Å². The number of nitrogens with one attached hydrogen (secondary N) is 1. The zero-order valence-corrected chi connectivity index (χ0v) is 15.4. The van der Waals surface area contributed by atoms with Crippen LogP contribution >= 0.6 is 35.3 Å². The SMILES string of the molecule is CN(C)C(CN=C(N)NC1CCCC1)c1ccsc1.I. The summed E-state index contributed by atoms with van der Waals surface area (Å²) in [7, 11) is 4.16. The number of halogens is 1. The first-order valence-corrected chi connectivity index (χ1v) is 7.86. The van der Waals surface area contributed by atoms with Gasteiger partial charge in [0.25, 0.3) is 0 Å². The minimum atomic E-state index is 0. The summed E-state index contributed by atoms with van der Waals surface area (Å²) in [5, 5.41) is 7.62.